The quantitative estimate of drug-likeness (QED) is 0.177. The molecule has 0 radical (unpaired) electrons. The van der Waals surface area contributed by atoms with Gasteiger partial charge in [-0.2, -0.15) is 0 Å². The van der Waals surface area contributed by atoms with Crippen LogP contribution in [0.3, 0.4) is 0 Å². The number of ether oxygens (including phenoxy) is 3. The minimum atomic E-state index is -1.13. The largest absolute Gasteiger partial charge is 0.393 e. The molecule has 1 fully saturated rings. The van der Waals surface area contributed by atoms with Gasteiger partial charge >= 0.3 is 11.9 Å². The summed E-state index contributed by atoms with van der Waals surface area (Å²) >= 11 is 0. The van der Waals surface area contributed by atoms with E-state index in [1.165, 1.54) is 33.5 Å². The van der Waals surface area contributed by atoms with Gasteiger partial charge in [-0.3, -0.25) is 9.59 Å². The number of esters is 2. The first-order valence-electron chi connectivity index (χ1n) is 8.44. The zero-order chi connectivity index (χ0) is 17.3. The van der Waals surface area contributed by atoms with Crippen molar-refractivity contribution >= 4 is 21.7 Å². The minimum Gasteiger partial charge on any atom is -0.393 e. The second-order valence-electron chi connectivity index (χ2n) is 6.15. The average Bonchev–Trinajstić information content (AvgIpc) is 2.88. The van der Waals surface area contributed by atoms with E-state index in [0.717, 1.165) is 19.3 Å². The van der Waals surface area contributed by atoms with E-state index >= 15 is 0 Å². The van der Waals surface area contributed by atoms with E-state index in [-0.39, 0.29) is 17.9 Å². The van der Waals surface area contributed by atoms with Crippen LogP contribution in [-0.4, -0.2) is 41.9 Å². The molecule has 1 aliphatic heterocycles. The van der Waals surface area contributed by atoms with E-state index in [4.69, 9.17) is 18.6 Å². The van der Waals surface area contributed by atoms with Crippen molar-refractivity contribution in [1.82, 2.24) is 0 Å². The van der Waals surface area contributed by atoms with Gasteiger partial charge in [-0.1, -0.05) is 45.4 Å². The third-order valence-electron chi connectivity index (χ3n) is 4.45. The van der Waals surface area contributed by atoms with Gasteiger partial charge in [0, 0.05) is 21.1 Å². The number of hydrogen-bond acceptors (Lipinski definition) is 6. The van der Waals surface area contributed by atoms with Crippen LogP contribution >= 0.6 is 0 Å². The number of carbonyl (C=O) groups is 2. The zero-order valence-electron chi connectivity index (χ0n) is 14.8. The standard InChI is InChI=1S/C16H30O6Si/c1-5-6-7-8-9-10-13(12-11-14(17)21-15(12)18)23-22-16(2,19-3)20-4/h12-13H,5-11,23H2,1-4H3. The van der Waals surface area contributed by atoms with Gasteiger partial charge < -0.3 is 18.6 Å². The van der Waals surface area contributed by atoms with Crippen LogP contribution in [0.4, 0.5) is 0 Å². The van der Waals surface area contributed by atoms with Gasteiger partial charge in [0.2, 0.25) is 0 Å². The SMILES string of the molecule is CCCCCCCC([SiH2]OC(C)(OC)OC)C1CC(=O)OC1=O. The number of cyclic esters (lactones) is 2. The first-order chi connectivity index (χ1) is 11.0. The fourth-order valence-electron chi connectivity index (χ4n) is 2.72. The Kier molecular flexibility index (Phi) is 8.97. The maximum atomic E-state index is 11.9. The van der Waals surface area contributed by atoms with E-state index < -0.39 is 27.7 Å². The Labute approximate surface area is 141 Å². The summed E-state index contributed by atoms with van der Waals surface area (Å²) in [5, 5.41) is 0. The van der Waals surface area contributed by atoms with Crippen molar-refractivity contribution in [2.45, 2.75) is 70.3 Å². The normalized spacial score (nSPS) is 20.4. The van der Waals surface area contributed by atoms with Gasteiger partial charge in [0.05, 0.1) is 12.3 Å². The van der Waals surface area contributed by atoms with Crippen LogP contribution in [-0.2, 0) is 28.2 Å². The van der Waals surface area contributed by atoms with Gasteiger partial charge in [-0.05, 0) is 5.54 Å². The third-order valence-corrected chi connectivity index (χ3v) is 6.55. The molecule has 2 atom stereocenters. The molecule has 0 bridgehead atoms. The van der Waals surface area contributed by atoms with Crippen LogP contribution in [0.1, 0.15) is 58.8 Å². The van der Waals surface area contributed by atoms with Gasteiger partial charge in [-0.25, -0.2) is 0 Å². The molecule has 0 saturated carbocycles. The third kappa shape index (κ3) is 6.70. The van der Waals surface area contributed by atoms with Crippen molar-refractivity contribution in [2.24, 2.45) is 5.92 Å². The molecule has 6 nitrogen and oxygen atoms in total. The fraction of sp³-hybridized carbons (Fsp3) is 0.875. The molecular weight excluding hydrogens is 316 g/mol. The Bertz CT molecular complexity index is 383. The van der Waals surface area contributed by atoms with Gasteiger partial charge in [0.25, 0.3) is 5.97 Å². The molecule has 2 unspecified atom stereocenters. The van der Waals surface area contributed by atoms with Crippen molar-refractivity contribution in [1.29, 1.82) is 0 Å². The molecule has 0 aromatic heterocycles. The molecule has 7 heteroatoms. The van der Waals surface area contributed by atoms with Crippen molar-refractivity contribution in [3.63, 3.8) is 0 Å². The Hall–Kier alpha value is -0.763. The summed E-state index contributed by atoms with van der Waals surface area (Å²) < 4.78 is 21.0. The maximum absolute atomic E-state index is 11.9. The topological polar surface area (TPSA) is 71.1 Å². The van der Waals surface area contributed by atoms with Crippen molar-refractivity contribution in [3.05, 3.63) is 0 Å². The van der Waals surface area contributed by atoms with Crippen LogP contribution < -0.4 is 0 Å². The summed E-state index contributed by atoms with van der Waals surface area (Å²) in [6.45, 7) is 3.89. The lowest BCUT2D eigenvalue weighted by molar-refractivity contribution is -0.311. The van der Waals surface area contributed by atoms with Gasteiger partial charge in [0.15, 0.2) is 9.76 Å². The summed E-state index contributed by atoms with van der Waals surface area (Å²) in [5.41, 5.74) is 0.0696. The van der Waals surface area contributed by atoms with Crippen LogP contribution in [0.5, 0.6) is 0 Å². The van der Waals surface area contributed by atoms with Gasteiger partial charge in [-0.15, -0.1) is 0 Å². The predicted octanol–water partition coefficient (Wildman–Crippen LogP) is 2.29. The second kappa shape index (κ2) is 10.2. The highest BCUT2D eigenvalue weighted by Gasteiger charge is 2.40. The number of hydrogen-bond donors (Lipinski definition) is 0. The summed E-state index contributed by atoms with van der Waals surface area (Å²) in [5.74, 6) is -2.27. The minimum absolute atomic E-state index is 0.0696. The molecule has 1 heterocycles. The van der Waals surface area contributed by atoms with E-state index in [2.05, 4.69) is 6.92 Å². The smallest absolute Gasteiger partial charge is 0.317 e. The summed E-state index contributed by atoms with van der Waals surface area (Å²) in [7, 11) is 1.91. The van der Waals surface area contributed by atoms with E-state index in [1.54, 1.807) is 6.92 Å². The van der Waals surface area contributed by atoms with Crippen LogP contribution in [0, 0.1) is 5.92 Å². The van der Waals surface area contributed by atoms with Crippen LogP contribution in [0.2, 0.25) is 5.54 Å². The van der Waals surface area contributed by atoms with Crippen molar-refractivity contribution in [2.75, 3.05) is 14.2 Å². The predicted molar refractivity (Wildman–Crippen MR) is 88.4 cm³/mol. The molecule has 0 N–H and O–H groups in total. The monoisotopic (exact) mass is 346 g/mol. The van der Waals surface area contributed by atoms with Crippen LogP contribution in [0.25, 0.3) is 0 Å². The Morgan fingerprint density at radius 2 is 1.87 bits per heavy atom. The molecule has 0 amide bonds. The van der Waals surface area contributed by atoms with E-state index in [0.29, 0.717) is 0 Å². The number of unbranched alkanes of at least 4 members (excludes halogenated alkanes) is 4. The molecule has 23 heavy (non-hydrogen) atoms. The highest BCUT2D eigenvalue weighted by molar-refractivity contribution is 6.31. The highest BCUT2D eigenvalue weighted by atomic mass is 28.2. The van der Waals surface area contributed by atoms with Crippen molar-refractivity contribution < 1.29 is 28.2 Å². The molecule has 134 valence electrons. The van der Waals surface area contributed by atoms with E-state index in [1.807, 2.05) is 0 Å². The number of carbonyl (C=O) groups excluding carboxylic acids is 2. The summed E-state index contributed by atoms with van der Waals surface area (Å²) in [4.78, 5) is 23.3. The summed E-state index contributed by atoms with van der Waals surface area (Å²) in [6, 6.07) is 0. The summed E-state index contributed by atoms with van der Waals surface area (Å²) in [6.07, 6.45) is 6.86. The maximum Gasteiger partial charge on any atom is 0.317 e. The molecule has 0 aromatic rings. The molecule has 0 aliphatic carbocycles. The van der Waals surface area contributed by atoms with Crippen LogP contribution in [0.15, 0.2) is 0 Å². The molecule has 0 aromatic carbocycles. The number of methoxy groups -OCH3 is 2. The number of rotatable bonds is 12. The second-order valence-corrected chi connectivity index (χ2v) is 7.82. The molecular formula is C16H30O6Si. The Balaban J connectivity index is 2.57. The zero-order valence-corrected chi connectivity index (χ0v) is 16.2. The fourth-order valence-corrected chi connectivity index (χ4v) is 4.52. The highest BCUT2D eigenvalue weighted by Crippen LogP contribution is 2.33. The Morgan fingerprint density at radius 1 is 1.22 bits per heavy atom. The molecule has 0 spiro atoms. The lowest BCUT2D eigenvalue weighted by Crippen LogP contribution is -2.37. The van der Waals surface area contributed by atoms with Crippen molar-refractivity contribution in [3.8, 4) is 0 Å². The molecule has 1 rings (SSSR count). The average molecular weight is 346 g/mol. The first kappa shape index (κ1) is 20.3. The lowest BCUT2D eigenvalue weighted by Gasteiger charge is -2.29. The molecule has 1 saturated heterocycles. The lowest BCUT2D eigenvalue weighted by atomic mass is 9.98. The Morgan fingerprint density at radius 3 is 2.39 bits per heavy atom. The molecule has 1 aliphatic rings. The first-order valence-corrected chi connectivity index (χ1v) is 9.84. The van der Waals surface area contributed by atoms with Gasteiger partial charge in [0.1, 0.15) is 0 Å². The van der Waals surface area contributed by atoms with E-state index in [9.17, 15) is 9.59 Å².